The number of nitrogens with one attached hydrogen (secondary N) is 1. The molecule has 1 heterocycles. The molecule has 1 aliphatic rings. The van der Waals surface area contributed by atoms with Crippen molar-refractivity contribution in [3.05, 3.63) is 57.8 Å². The molecule has 2 aromatic rings. The van der Waals surface area contributed by atoms with E-state index >= 15 is 0 Å². The Hall–Kier alpha value is -1.14. The van der Waals surface area contributed by atoms with Crippen molar-refractivity contribution in [1.82, 2.24) is 9.71 Å². The Morgan fingerprint density at radius 3 is 2.76 bits per heavy atom. The van der Waals surface area contributed by atoms with E-state index in [9.17, 15) is 8.42 Å². The van der Waals surface area contributed by atoms with Crippen LogP contribution in [0.25, 0.3) is 0 Å². The Labute approximate surface area is 133 Å². The Kier molecular flexibility index (Phi) is 3.92. The normalized spacial score (nSPS) is 17.1. The van der Waals surface area contributed by atoms with Gasteiger partial charge < -0.3 is 0 Å². The number of benzene rings is 1. The maximum Gasteiger partial charge on any atom is 0.242 e. The lowest BCUT2D eigenvalue weighted by Crippen LogP contribution is -2.33. The van der Waals surface area contributed by atoms with Crippen LogP contribution in [0.15, 0.2) is 41.4 Å². The first-order valence-corrected chi connectivity index (χ1v) is 8.60. The average molecular weight is 343 g/mol. The summed E-state index contributed by atoms with van der Waals surface area (Å²) in [7, 11) is -3.63. The second-order valence-electron chi connectivity index (χ2n) is 4.90. The molecule has 0 spiro atoms. The van der Waals surface area contributed by atoms with Gasteiger partial charge in [0.15, 0.2) is 0 Å². The van der Waals surface area contributed by atoms with Crippen LogP contribution >= 0.6 is 23.2 Å². The number of pyridine rings is 1. The van der Waals surface area contributed by atoms with Crippen LogP contribution in [0.2, 0.25) is 10.2 Å². The molecule has 110 valence electrons. The van der Waals surface area contributed by atoms with Crippen LogP contribution in [-0.4, -0.2) is 19.9 Å². The molecule has 0 fully saturated rings. The van der Waals surface area contributed by atoms with Gasteiger partial charge in [-0.25, -0.2) is 18.1 Å². The van der Waals surface area contributed by atoms with Crippen LogP contribution in [-0.2, 0) is 16.4 Å². The van der Waals surface area contributed by atoms with Gasteiger partial charge in [-0.3, -0.25) is 0 Å². The number of hydrogen-bond donors (Lipinski definition) is 1. The Bertz CT molecular complexity index is 793. The van der Waals surface area contributed by atoms with Crippen molar-refractivity contribution in [1.29, 1.82) is 0 Å². The van der Waals surface area contributed by atoms with Gasteiger partial charge in [-0.1, -0.05) is 47.5 Å². The minimum atomic E-state index is -3.63. The van der Waals surface area contributed by atoms with E-state index in [0.717, 1.165) is 6.42 Å². The van der Waals surface area contributed by atoms with E-state index in [0.29, 0.717) is 6.54 Å². The highest BCUT2D eigenvalue weighted by molar-refractivity contribution is 7.89. The van der Waals surface area contributed by atoms with Crippen molar-refractivity contribution < 1.29 is 8.42 Å². The van der Waals surface area contributed by atoms with Gasteiger partial charge in [0.1, 0.15) is 10.0 Å². The highest BCUT2D eigenvalue weighted by Gasteiger charge is 2.27. The van der Waals surface area contributed by atoms with Crippen LogP contribution in [0.4, 0.5) is 0 Å². The number of fused-ring (bicyclic) bond motifs is 1. The minimum Gasteiger partial charge on any atom is -0.242 e. The van der Waals surface area contributed by atoms with Gasteiger partial charge in [-0.15, -0.1) is 0 Å². The number of sulfonamides is 1. The molecule has 0 saturated carbocycles. The number of hydrogen-bond acceptors (Lipinski definition) is 3. The molecule has 4 nitrogen and oxygen atoms in total. The second-order valence-corrected chi connectivity index (χ2v) is 7.43. The highest BCUT2D eigenvalue weighted by Crippen LogP contribution is 2.34. The summed E-state index contributed by atoms with van der Waals surface area (Å²) < 4.78 is 27.0. The number of halogens is 2. The largest absolute Gasteiger partial charge is 0.242 e. The van der Waals surface area contributed by atoms with E-state index in [1.54, 1.807) is 0 Å². The van der Waals surface area contributed by atoms with Crippen molar-refractivity contribution >= 4 is 33.2 Å². The third kappa shape index (κ3) is 2.92. The van der Waals surface area contributed by atoms with Crippen LogP contribution in [0.5, 0.6) is 0 Å². The predicted molar refractivity (Wildman–Crippen MR) is 82.3 cm³/mol. The molecule has 7 heteroatoms. The predicted octanol–water partition coefficient (Wildman–Crippen LogP) is 3.01. The lowest BCUT2D eigenvalue weighted by Gasteiger charge is -2.30. The molecule has 0 unspecified atom stereocenters. The first kappa shape index (κ1) is 14.8. The summed E-state index contributed by atoms with van der Waals surface area (Å²) in [4.78, 5) is 3.77. The van der Waals surface area contributed by atoms with Crippen LogP contribution in [0.3, 0.4) is 0 Å². The SMILES string of the molecule is O=S(=O)(NC[C@H]1Cc2ccccc21)c1cnc(Cl)c(Cl)c1. The summed E-state index contributed by atoms with van der Waals surface area (Å²) >= 11 is 11.5. The van der Waals surface area contributed by atoms with Gasteiger partial charge in [0, 0.05) is 18.7 Å². The van der Waals surface area contributed by atoms with Crippen LogP contribution < -0.4 is 4.72 Å². The van der Waals surface area contributed by atoms with Gasteiger partial charge in [0.05, 0.1) is 5.02 Å². The van der Waals surface area contributed by atoms with Crippen molar-refractivity contribution in [2.45, 2.75) is 17.2 Å². The number of aromatic nitrogens is 1. The van der Waals surface area contributed by atoms with Crippen molar-refractivity contribution in [3.8, 4) is 0 Å². The van der Waals surface area contributed by atoms with Crippen LogP contribution in [0, 0.1) is 0 Å². The molecule has 21 heavy (non-hydrogen) atoms. The molecule has 0 radical (unpaired) electrons. The molecular weight excluding hydrogens is 331 g/mol. The van der Waals surface area contributed by atoms with E-state index < -0.39 is 10.0 Å². The van der Waals surface area contributed by atoms with E-state index in [2.05, 4.69) is 15.8 Å². The Morgan fingerprint density at radius 1 is 1.29 bits per heavy atom. The number of rotatable bonds is 4. The zero-order valence-corrected chi connectivity index (χ0v) is 13.2. The summed E-state index contributed by atoms with van der Waals surface area (Å²) in [5.41, 5.74) is 2.48. The van der Waals surface area contributed by atoms with E-state index in [-0.39, 0.29) is 21.0 Å². The van der Waals surface area contributed by atoms with E-state index in [1.165, 1.54) is 23.4 Å². The standard InChI is InChI=1S/C14H12Cl2N2O2S/c15-13-6-11(8-17-14(13)16)21(19,20)18-7-10-5-9-3-1-2-4-12(9)10/h1-4,6,8,10,18H,5,7H2/t10-/m1/s1. The average Bonchev–Trinajstić information content (AvgIpc) is 2.42. The Morgan fingerprint density at radius 2 is 2.05 bits per heavy atom. The van der Waals surface area contributed by atoms with Crippen molar-refractivity contribution in [2.24, 2.45) is 0 Å². The Balaban J connectivity index is 1.72. The van der Waals surface area contributed by atoms with Gasteiger partial charge in [-0.05, 0) is 23.6 Å². The smallest absolute Gasteiger partial charge is 0.242 e. The van der Waals surface area contributed by atoms with Gasteiger partial charge in [-0.2, -0.15) is 0 Å². The first-order valence-electron chi connectivity index (χ1n) is 6.36. The fourth-order valence-corrected chi connectivity index (χ4v) is 3.78. The zero-order valence-electron chi connectivity index (χ0n) is 10.9. The third-order valence-corrected chi connectivity index (χ3v) is 5.64. The summed E-state index contributed by atoms with van der Waals surface area (Å²) in [5.74, 6) is 0.215. The maximum absolute atomic E-state index is 12.2. The summed E-state index contributed by atoms with van der Waals surface area (Å²) in [6, 6.07) is 9.33. The fourth-order valence-electron chi connectivity index (χ4n) is 2.39. The molecule has 3 rings (SSSR count). The molecule has 1 aromatic heterocycles. The molecule has 0 bridgehead atoms. The lowest BCUT2D eigenvalue weighted by molar-refractivity contribution is 0.552. The van der Waals surface area contributed by atoms with Crippen molar-refractivity contribution in [3.63, 3.8) is 0 Å². The molecular formula is C14H12Cl2N2O2S. The lowest BCUT2D eigenvalue weighted by atomic mass is 9.78. The fraction of sp³-hybridized carbons (Fsp3) is 0.214. The second kappa shape index (κ2) is 5.57. The molecule has 0 aliphatic heterocycles. The monoisotopic (exact) mass is 342 g/mol. The maximum atomic E-state index is 12.2. The first-order chi connectivity index (χ1) is 9.97. The molecule has 1 aliphatic carbocycles. The number of nitrogens with zero attached hydrogens (tertiary/aromatic N) is 1. The van der Waals surface area contributed by atoms with E-state index in [4.69, 9.17) is 23.2 Å². The summed E-state index contributed by atoms with van der Waals surface area (Å²) in [6.45, 7) is 0.361. The van der Waals surface area contributed by atoms with Gasteiger partial charge >= 0.3 is 0 Å². The van der Waals surface area contributed by atoms with Gasteiger partial charge in [0.2, 0.25) is 10.0 Å². The zero-order chi connectivity index (χ0) is 15.0. The van der Waals surface area contributed by atoms with Crippen LogP contribution in [0.1, 0.15) is 17.0 Å². The topological polar surface area (TPSA) is 59.1 Å². The highest BCUT2D eigenvalue weighted by atomic mass is 35.5. The molecule has 0 saturated heterocycles. The van der Waals surface area contributed by atoms with Gasteiger partial charge in [0.25, 0.3) is 0 Å². The third-order valence-electron chi connectivity index (χ3n) is 3.56. The molecule has 1 N–H and O–H groups in total. The van der Waals surface area contributed by atoms with Crippen molar-refractivity contribution in [2.75, 3.05) is 6.54 Å². The minimum absolute atomic E-state index is 0.0181. The molecule has 1 aromatic carbocycles. The summed E-state index contributed by atoms with van der Waals surface area (Å²) in [6.07, 6.45) is 2.09. The molecule has 1 atom stereocenters. The summed E-state index contributed by atoms with van der Waals surface area (Å²) in [5, 5.41) is 0.206. The van der Waals surface area contributed by atoms with E-state index in [1.807, 2.05) is 18.2 Å². The molecule has 0 amide bonds. The quantitative estimate of drug-likeness (QED) is 0.869.